The fourth-order valence-corrected chi connectivity index (χ4v) is 8.27. The first kappa shape index (κ1) is 22.7. The summed E-state index contributed by atoms with van der Waals surface area (Å²) < 4.78 is 5.44. The molecule has 6 aromatic carbocycles. The monoisotopic (exact) mass is 532 g/mol. The molecule has 0 unspecified atom stereocenters. The van der Waals surface area contributed by atoms with Crippen LogP contribution in [0.15, 0.2) is 133 Å². The van der Waals surface area contributed by atoms with E-state index in [4.69, 9.17) is 0 Å². The van der Waals surface area contributed by atoms with Crippen molar-refractivity contribution in [2.45, 2.75) is 6.42 Å². The summed E-state index contributed by atoms with van der Waals surface area (Å²) in [6, 6.07) is 49.1. The summed E-state index contributed by atoms with van der Waals surface area (Å²) in [5.41, 5.74) is 7.87. The molecule has 0 atom stereocenters. The summed E-state index contributed by atoms with van der Waals surface area (Å²) in [6.45, 7) is 0. The fraction of sp³-hybridized carbons (Fsp3) is 0.0270. The van der Waals surface area contributed by atoms with Crippen molar-refractivity contribution >= 4 is 63.0 Å². The lowest BCUT2D eigenvalue weighted by atomic mass is 9.97. The minimum atomic E-state index is 0.931. The van der Waals surface area contributed by atoms with Gasteiger partial charge in [-0.05, 0) is 51.9 Å². The molecule has 0 bridgehead atoms. The molecule has 2 heteroatoms. The quantitative estimate of drug-likeness (QED) is 0.211. The van der Waals surface area contributed by atoms with E-state index >= 15 is 0 Å². The van der Waals surface area contributed by atoms with E-state index in [2.05, 4.69) is 133 Å². The molecule has 39 heavy (non-hydrogen) atoms. The van der Waals surface area contributed by atoms with E-state index in [0.717, 1.165) is 6.42 Å². The van der Waals surface area contributed by atoms with Crippen LogP contribution in [0.1, 0.15) is 11.1 Å². The van der Waals surface area contributed by atoms with E-state index in [1.165, 1.54) is 73.7 Å². The average Bonchev–Trinajstić information content (AvgIpc) is 3.57. The first-order valence-electron chi connectivity index (χ1n) is 13.3. The Kier molecular flexibility index (Phi) is 5.36. The van der Waals surface area contributed by atoms with E-state index in [9.17, 15) is 0 Å². The van der Waals surface area contributed by atoms with Gasteiger partial charge in [0.05, 0.1) is 0 Å². The molecule has 0 N–H and O–H groups in total. The van der Waals surface area contributed by atoms with Crippen LogP contribution >= 0.6 is 22.7 Å². The minimum Gasteiger partial charge on any atom is -0.135 e. The second-order valence-corrected chi connectivity index (χ2v) is 12.2. The zero-order chi connectivity index (χ0) is 25.8. The van der Waals surface area contributed by atoms with Crippen molar-refractivity contribution in [3.05, 3.63) is 145 Å². The van der Waals surface area contributed by atoms with Gasteiger partial charge in [0, 0.05) is 40.3 Å². The number of fused-ring (bicyclic) bond motifs is 6. The molecule has 2 aromatic heterocycles. The number of thiophene rings is 2. The third-order valence-corrected chi connectivity index (χ3v) is 10.2. The van der Waals surface area contributed by atoms with Gasteiger partial charge in [0.2, 0.25) is 0 Å². The first-order valence-corrected chi connectivity index (χ1v) is 14.9. The Hall–Kier alpha value is -4.24. The van der Waals surface area contributed by atoms with Crippen molar-refractivity contribution < 1.29 is 0 Å². The molecule has 8 aromatic rings. The van der Waals surface area contributed by atoms with Crippen LogP contribution in [0.2, 0.25) is 0 Å². The van der Waals surface area contributed by atoms with Gasteiger partial charge in [-0.15, -0.1) is 22.7 Å². The molecule has 0 aliphatic carbocycles. The molecule has 0 fully saturated rings. The zero-order valence-electron chi connectivity index (χ0n) is 21.2. The molecule has 8 rings (SSSR count). The number of rotatable bonds is 4. The highest BCUT2D eigenvalue weighted by Gasteiger charge is 2.11. The van der Waals surface area contributed by atoms with Crippen LogP contribution < -0.4 is 0 Å². The van der Waals surface area contributed by atoms with E-state index in [0.29, 0.717) is 0 Å². The van der Waals surface area contributed by atoms with Gasteiger partial charge >= 0.3 is 0 Å². The maximum absolute atomic E-state index is 2.29. The van der Waals surface area contributed by atoms with Gasteiger partial charge in [-0.2, -0.15) is 0 Å². The molecule has 0 aliphatic rings. The Morgan fingerprint density at radius 3 is 1.23 bits per heavy atom. The lowest BCUT2D eigenvalue weighted by molar-refractivity contribution is 1.19. The highest BCUT2D eigenvalue weighted by Crippen LogP contribution is 2.41. The fourth-order valence-electron chi connectivity index (χ4n) is 5.79. The zero-order valence-corrected chi connectivity index (χ0v) is 22.9. The van der Waals surface area contributed by atoms with Crippen LogP contribution in [0.4, 0.5) is 0 Å². The van der Waals surface area contributed by atoms with E-state index < -0.39 is 0 Å². The Bertz CT molecular complexity index is 1970. The predicted molar refractivity (Wildman–Crippen MR) is 172 cm³/mol. The molecule has 0 saturated carbocycles. The van der Waals surface area contributed by atoms with Crippen LogP contribution in [0.25, 0.3) is 62.6 Å². The van der Waals surface area contributed by atoms with Crippen molar-refractivity contribution in [2.24, 2.45) is 0 Å². The number of benzene rings is 6. The van der Waals surface area contributed by atoms with Crippen molar-refractivity contribution in [2.75, 3.05) is 0 Å². The van der Waals surface area contributed by atoms with Gasteiger partial charge in [-0.25, -0.2) is 0 Å². The summed E-state index contributed by atoms with van der Waals surface area (Å²) in [6.07, 6.45) is 0.931. The van der Waals surface area contributed by atoms with Crippen LogP contribution in [0, 0.1) is 0 Å². The summed E-state index contributed by atoms with van der Waals surface area (Å²) in [5, 5.41) is 5.40. The lowest BCUT2D eigenvalue weighted by Gasteiger charge is -2.08. The highest BCUT2D eigenvalue weighted by molar-refractivity contribution is 7.26. The molecule has 184 valence electrons. The van der Waals surface area contributed by atoms with Gasteiger partial charge < -0.3 is 0 Å². The van der Waals surface area contributed by atoms with E-state index in [1.54, 1.807) is 0 Å². The van der Waals surface area contributed by atoms with Crippen LogP contribution in [-0.2, 0) is 6.42 Å². The molecule has 0 amide bonds. The normalized spacial score (nSPS) is 11.7. The molecule has 0 radical (unpaired) electrons. The lowest BCUT2D eigenvalue weighted by Crippen LogP contribution is -1.89. The van der Waals surface area contributed by atoms with Gasteiger partial charge in [0.1, 0.15) is 0 Å². The van der Waals surface area contributed by atoms with Crippen LogP contribution in [0.3, 0.4) is 0 Å². The smallest absolute Gasteiger partial charge is 0.0433 e. The van der Waals surface area contributed by atoms with Gasteiger partial charge in [-0.3, -0.25) is 0 Å². The summed E-state index contributed by atoms with van der Waals surface area (Å²) in [7, 11) is 0. The molecule has 0 saturated heterocycles. The van der Waals surface area contributed by atoms with E-state index in [1.807, 2.05) is 22.7 Å². The number of hydrogen-bond donors (Lipinski definition) is 0. The predicted octanol–water partition coefficient (Wildman–Crippen LogP) is 11.3. The minimum absolute atomic E-state index is 0.931. The van der Waals surface area contributed by atoms with Gasteiger partial charge in [-0.1, -0.05) is 121 Å². The Morgan fingerprint density at radius 2 is 0.769 bits per heavy atom. The maximum Gasteiger partial charge on any atom is 0.0433 e. The van der Waals surface area contributed by atoms with Crippen molar-refractivity contribution in [1.29, 1.82) is 0 Å². The SMILES string of the molecule is c1ccc2c(c1)sc1c(-c3ccc(Cc4ccc(-c5cccc6c5sc5ccccc56)cc4)cc3)cccc12. The number of hydrogen-bond acceptors (Lipinski definition) is 2. The first-order chi connectivity index (χ1) is 19.3. The molecule has 2 heterocycles. The van der Waals surface area contributed by atoms with E-state index in [-0.39, 0.29) is 0 Å². The highest BCUT2D eigenvalue weighted by atomic mass is 32.1. The molecule has 0 spiro atoms. The Morgan fingerprint density at radius 1 is 0.359 bits per heavy atom. The molecular formula is C37H24S2. The van der Waals surface area contributed by atoms with Crippen LogP contribution in [0.5, 0.6) is 0 Å². The maximum atomic E-state index is 2.29. The second-order valence-electron chi connectivity index (χ2n) is 10.1. The van der Waals surface area contributed by atoms with Crippen LogP contribution in [-0.4, -0.2) is 0 Å². The van der Waals surface area contributed by atoms with Gasteiger partial charge in [0.25, 0.3) is 0 Å². The molecule has 0 nitrogen and oxygen atoms in total. The third-order valence-electron chi connectivity index (χ3n) is 7.75. The van der Waals surface area contributed by atoms with Crippen molar-refractivity contribution in [3.63, 3.8) is 0 Å². The average molecular weight is 533 g/mol. The Labute approximate surface area is 235 Å². The molecular weight excluding hydrogens is 509 g/mol. The van der Waals surface area contributed by atoms with Crippen molar-refractivity contribution in [3.8, 4) is 22.3 Å². The van der Waals surface area contributed by atoms with Gasteiger partial charge in [0.15, 0.2) is 0 Å². The standard InChI is InChI=1S/C37H24S2/c1-3-13-34-30(7-1)32-11-5-9-28(36(32)38-34)26-19-15-24(16-20-26)23-25-17-21-27(22-18-25)29-10-6-12-33-31-8-2-4-14-35(31)39-37(29)33/h1-22H,23H2. The van der Waals surface area contributed by atoms with Crippen molar-refractivity contribution in [1.82, 2.24) is 0 Å². The third kappa shape index (κ3) is 3.87. The summed E-state index contributed by atoms with van der Waals surface area (Å²) in [5.74, 6) is 0. The summed E-state index contributed by atoms with van der Waals surface area (Å²) >= 11 is 3.78. The Balaban J connectivity index is 1.07. The largest absolute Gasteiger partial charge is 0.135 e. The summed E-state index contributed by atoms with van der Waals surface area (Å²) in [4.78, 5) is 0. The topological polar surface area (TPSA) is 0 Å². The molecule has 0 aliphatic heterocycles. The second kappa shape index (κ2) is 9.20.